The molecule has 2 N–H and O–H groups in total. The minimum atomic E-state index is -0.778. The van der Waals surface area contributed by atoms with Crippen LogP contribution in [0.1, 0.15) is 22.8 Å². The second kappa shape index (κ2) is 8.18. The number of benzene rings is 2. The van der Waals surface area contributed by atoms with E-state index >= 15 is 0 Å². The summed E-state index contributed by atoms with van der Waals surface area (Å²) in [6, 6.07) is 14.2. The van der Waals surface area contributed by atoms with Crippen molar-refractivity contribution in [3.8, 4) is 11.1 Å². The van der Waals surface area contributed by atoms with Gasteiger partial charge in [0.1, 0.15) is 6.10 Å². The predicted molar refractivity (Wildman–Crippen MR) is 66.7 cm³/mol. The number of aliphatic hydroxyl groups is 2. The summed E-state index contributed by atoms with van der Waals surface area (Å²) in [6.07, 6.45) is 0.0675. The van der Waals surface area contributed by atoms with E-state index in [1.165, 1.54) is 16.7 Å². The monoisotopic (exact) mass is 344 g/mol. The first-order valence-electron chi connectivity index (χ1n) is 5.80. The van der Waals surface area contributed by atoms with E-state index in [0.717, 1.165) is 17.5 Å². The van der Waals surface area contributed by atoms with Gasteiger partial charge in [-0.2, -0.15) is 0 Å². The fourth-order valence-electron chi connectivity index (χ4n) is 2.59. The molecule has 0 heterocycles. The SMILES string of the molecule is OCC(O)c1cccc2c1Cc1ccccc1-2.[Cl-].[Cl-].[Ti+2]. The third-order valence-electron chi connectivity index (χ3n) is 3.42. The zero-order chi connectivity index (χ0) is 11.8. The van der Waals surface area contributed by atoms with Crippen LogP contribution < -0.4 is 24.8 Å². The van der Waals surface area contributed by atoms with Crippen molar-refractivity contribution >= 4 is 0 Å². The van der Waals surface area contributed by atoms with Crippen molar-refractivity contribution in [3.63, 3.8) is 0 Å². The third-order valence-corrected chi connectivity index (χ3v) is 3.42. The fourth-order valence-corrected chi connectivity index (χ4v) is 2.59. The topological polar surface area (TPSA) is 40.5 Å². The van der Waals surface area contributed by atoms with E-state index in [2.05, 4.69) is 18.2 Å². The Morgan fingerprint density at radius 2 is 1.60 bits per heavy atom. The van der Waals surface area contributed by atoms with Crippen LogP contribution in [-0.2, 0) is 28.1 Å². The van der Waals surface area contributed by atoms with Crippen LogP contribution >= 0.6 is 0 Å². The number of aliphatic hydroxyl groups excluding tert-OH is 2. The van der Waals surface area contributed by atoms with Crippen molar-refractivity contribution < 1.29 is 56.7 Å². The number of fused-ring (bicyclic) bond motifs is 3. The molecule has 0 aromatic heterocycles. The summed E-state index contributed by atoms with van der Waals surface area (Å²) in [6.45, 7) is -0.229. The molecule has 1 aliphatic rings. The largest absolute Gasteiger partial charge is 2.00 e. The van der Waals surface area contributed by atoms with Crippen LogP contribution in [0.3, 0.4) is 0 Å². The van der Waals surface area contributed by atoms with Gasteiger partial charge in [-0.15, -0.1) is 0 Å². The Balaban J connectivity index is 0.00000120. The van der Waals surface area contributed by atoms with Gasteiger partial charge in [0.2, 0.25) is 0 Å². The summed E-state index contributed by atoms with van der Waals surface area (Å²) in [5.41, 5.74) is 5.72. The van der Waals surface area contributed by atoms with E-state index in [0.29, 0.717) is 0 Å². The molecule has 1 unspecified atom stereocenters. The zero-order valence-electron chi connectivity index (χ0n) is 10.7. The Labute approximate surface area is 145 Å². The molecule has 0 saturated carbocycles. The maximum Gasteiger partial charge on any atom is 2.00 e. The van der Waals surface area contributed by atoms with Gasteiger partial charge in [0.05, 0.1) is 6.61 Å². The predicted octanol–water partition coefficient (Wildman–Crippen LogP) is -3.71. The van der Waals surface area contributed by atoms with Gasteiger partial charge in [-0.1, -0.05) is 42.5 Å². The molecule has 0 amide bonds. The maximum atomic E-state index is 9.82. The summed E-state index contributed by atoms with van der Waals surface area (Å²) in [5.74, 6) is 0. The van der Waals surface area contributed by atoms with Crippen molar-refractivity contribution in [2.45, 2.75) is 12.5 Å². The molecule has 5 heteroatoms. The van der Waals surface area contributed by atoms with E-state index < -0.39 is 6.10 Å². The second-order valence-corrected chi connectivity index (χ2v) is 4.41. The van der Waals surface area contributed by atoms with Crippen LogP contribution in [0.15, 0.2) is 42.5 Å². The van der Waals surface area contributed by atoms with E-state index in [4.69, 9.17) is 5.11 Å². The molecule has 2 aromatic rings. The summed E-state index contributed by atoms with van der Waals surface area (Å²) in [7, 11) is 0. The van der Waals surface area contributed by atoms with Crippen LogP contribution in [0, 0.1) is 0 Å². The summed E-state index contributed by atoms with van der Waals surface area (Å²) in [4.78, 5) is 0. The molecule has 0 saturated heterocycles. The molecule has 3 rings (SSSR count). The molecule has 2 aromatic carbocycles. The Morgan fingerprint density at radius 3 is 2.30 bits per heavy atom. The smallest absolute Gasteiger partial charge is 1.00 e. The Bertz CT molecular complexity index is 576. The van der Waals surface area contributed by atoms with Crippen LogP contribution in [0.5, 0.6) is 0 Å². The Kier molecular flexibility index (Phi) is 8.04. The molecule has 1 atom stereocenters. The summed E-state index contributed by atoms with van der Waals surface area (Å²) >= 11 is 0. The fraction of sp³-hybridized carbons (Fsp3) is 0.200. The number of halogens is 2. The van der Waals surface area contributed by atoms with Crippen molar-refractivity contribution in [2.24, 2.45) is 0 Å². The summed E-state index contributed by atoms with van der Waals surface area (Å²) in [5, 5.41) is 18.9. The van der Waals surface area contributed by atoms with E-state index in [9.17, 15) is 5.11 Å². The van der Waals surface area contributed by atoms with Crippen LogP contribution in [-0.4, -0.2) is 16.8 Å². The number of rotatable bonds is 2. The van der Waals surface area contributed by atoms with Crippen molar-refractivity contribution in [3.05, 3.63) is 59.2 Å². The standard InChI is InChI=1S/C15H14O2.2ClH.Ti/c16-9-15(17)13-7-3-6-12-11-5-2-1-4-10(11)8-14(12)13;;;/h1-7,15-17H,8-9H2;2*1H;/q;;;+2/p-2. The van der Waals surface area contributed by atoms with Crippen LogP contribution in [0.4, 0.5) is 0 Å². The van der Waals surface area contributed by atoms with Crippen molar-refractivity contribution in [1.29, 1.82) is 0 Å². The molecule has 0 aliphatic heterocycles. The minimum Gasteiger partial charge on any atom is -1.00 e. The van der Waals surface area contributed by atoms with Gasteiger partial charge in [-0.05, 0) is 34.2 Å². The molecule has 20 heavy (non-hydrogen) atoms. The second-order valence-electron chi connectivity index (χ2n) is 4.41. The average Bonchev–Trinajstić information content (AvgIpc) is 2.76. The number of hydrogen-bond donors (Lipinski definition) is 2. The van der Waals surface area contributed by atoms with Gasteiger partial charge in [0.15, 0.2) is 0 Å². The van der Waals surface area contributed by atoms with Gasteiger partial charge in [0.25, 0.3) is 0 Å². The average molecular weight is 345 g/mol. The molecule has 2 nitrogen and oxygen atoms in total. The van der Waals surface area contributed by atoms with Crippen LogP contribution in [0.25, 0.3) is 11.1 Å². The van der Waals surface area contributed by atoms with Gasteiger partial charge in [0, 0.05) is 0 Å². The normalized spacial score (nSPS) is 12.1. The third kappa shape index (κ3) is 3.28. The van der Waals surface area contributed by atoms with Crippen LogP contribution in [0.2, 0.25) is 0 Å². The molecular weight excluding hydrogens is 331 g/mol. The zero-order valence-corrected chi connectivity index (χ0v) is 13.8. The number of hydrogen-bond acceptors (Lipinski definition) is 2. The molecule has 0 radical (unpaired) electrons. The first-order valence-corrected chi connectivity index (χ1v) is 5.80. The molecule has 0 spiro atoms. The van der Waals surface area contributed by atoms with Gasteiger partial charge < -0.3 is 35.0 Å². The van der Waals surface area contributed by atoms with Crippen molar-refractivity contribution in [1.82, 2.24) is 0 Å². The summed E-state index contributed by atoms with van der Waals surface area (Å²) < 4.78 is 0. The van der Waals surface area contributed by atoms with E-state index in [1.807, 2.05) is 24.3 Å². The molecule has 0 fully saturated rings. The Hall–Kier alpha value is -0.346. The maximum absolute atomic E-state index is 9.82. The van der Waals surface area contributed by atoms with Gasteiger partial charge >= 0.3 is 21.7 Å². The van der Waals surface area contributed by atoms with E-state index in [1.54, 1.807) is 0 Å². The molecule has 104 valence electrons. The Morgan fingerprint density at radius 1 is 0.950 bits per heavy atom. The van der Waals surface area contributed by atoms with Gasteiger partial charge in [-0.3, -0.25) is 0 Å². The first-order chi connectivity index (χ1) is 8.31. The van der Waals surface area contributed by atoms with Crippen molar-refractivity contribution in [2.75, 3.05) is 6.61 Å². The minimum absolute atomic E-state index is 0. The van der Waals surface area contributed by atoms with E-state index in [-0.39, 0.29) is 53.1 Å². The molecule has 1 aliphatic carbocycles. The quantitative estimate of drug-likeness (QED) is 0.470. The molecule has 0 bridgehead atoms. The molecular formula is C15H14Cl2O2Ti. The first kappa shape index (κ1) is 19.7. The van der Waals surface area contributed by atoms with Gasteiger partial charge in [-0.25, -0.2) is 0 Å².